The molecule has 3 aromatic rings. The first-order valence-corrected chi connectivity index (χ1v) is 10.8. The van der Waals surface area contributed by atoms with Gasteiger partial charge in [0.2, 0.25) is 0 Å². The number of esters is 1. The largest absolute Gasteiger partial charge is 0.424 e. The van der Waals surface area contributed by atoms with Crippen LogP contribution in [0.5, 0.6) is 5.75 Å². The fraction of sp³-hybridized carbons (Fsp3) is 0.208. The van der Waals surface area contributed by atoms with Crippen LogP contribution in [0.1, 0.15) is 36.1 Å². The smallest absolute Gasteiger partial charge is 0.308 e. The van der Waals surface area contributed by atoms with Gasteiger partial charge >= 0.3 is 5.97 Å². The Morgan fingerprint density at radius 1 is 1.00 bits per heavy atom. The predicted molar refractivity (Wildman–Crippen MR) is 124 cm³/mol. The fourth-order valence-corrected chi connectivity index (χ4v) is 4.29. The van der Waals surface area contributed by atoms with Crippen LogP contribution in [0.2, 0.25) is 10.0 Å². The number of benzene rings is 3. The molecule has 4 rings (SSSR count). The summed E-state index contributed by atoms with van der Waals surface area (Å²) in [6, 6.07) is 17.8. The van der Waals surface area contributed by atoms with Gasteiger partial charge in [-0.05, 0) is 36.2 Å². The highest BCUT2D eigenvalue weighted by Gasteiger charge is 2.35. The second-order valence-corrected chi connectivity index (χ2v) is 8.32. The average Bonchev–Trinajstić information content (AvgIpc) is 3.00. The number of nitrogens with one attached hydrogen (secondary N) is 1. The Morgan fingerprint density at radius 3 is 2.22 bits per heavy atom. The molecule has 0 amide bonds. The highest BCUT2D eigenvalue weighted by molar-refractivity contribution is 6.39. The Bertz CT molecular complexity index is 1110. The van der Waals surface area contributed by atoms with E-state index in [0.29, 0.717) is 51.3 Å². The first-order chi connectivity index (χ1) is 15.3. The van der Waals surface area contributed by atoms with Crippen molar-refractivity contribution in [1.29, 1.82) is 0 Å². The van der Waals surface area contributed by atoms with Gasteiger partial charge in [0.1, 0.15) is 12.5 Å². The molecule has 0 bridgehead atoms. The molecule has 2 unspecified atom stereocenters. The summed E-state index contributed by atoms with van der Waals surface area (Å²) >= 11 is 12.6. The lowest BCUT2D eigenvalue weighted by Crippen LogP contribution is -2.28. The Morgan fingerprint density at radius 2 is 1.62 bits per heavy atom. The van der Waals surface area contributed by atoms with Crippen molar-refractivity contribution < 1.29 is 19.7 Å². The second-order valence-electron chi connectivity index (χ2n) is 7.51. The van der Waals surface area contributed by atoms with Gasteiger partial charge in [0, 0.05) is 24.6 Å². The number of rotatable bonds is 6. The van der Waals surface area contributed by atoms with Crippen LogP contribution in [-0.4, -0.2) is 27.6 Å². The molecule has 0 radical (unpaired) electrons. The van der Waals surface area contributed by atoms with Gasteiger partial charge in [0.15, 0.2) is 5.75 Å². The standard InChI is InChI=1S/C24H22Cl2N2O4/c1-14(29)32-21-10-9-15(13-20(21)27-22-18(25)7-4-8-19(22)26)11-12-28-23(30)16-5-2-3-6-17(16)24(28)31/h2-10,13,23-24,27,30-31H,11-12H2,1H3. The van der Waals surface area contributed by atoms with E-state index in [0.717, 1.165) is 5.56 Å². The molecule has 166 valence electrons. The van der Waals surface area contributed by atoms with E-state index in [1.165, 1.54) is 6.92 Å². The number of ether oxygens (including phenoxy) is 1. The molecular weight excluding hydrogens is 451 g/mol. The molecule has 0 saturated heterocycles. The van der Waals surface area contributed by atoms with Crippen LogP contribution < -0.4 is 10.1 Å². The lowest BCUT2D eigenvalue weighted by Gasteiger charge is -2.24. The first kappa shape index (κ1) is 22.6. The van der Waals surface area contributed by atoms with Gasteiger partial charge in [-0.15, -0.1) is 0 Å². The summed E-state index contributed by atoms with van der Waals surface area (Å²) in [6.07, 6.45) is -1.21. The number of hydrogen-bond acceptors (Lipinski definition) is 6. The van der Waals surface area contributed by atoms with Gasteiger partial charge in [0.25, 0.3) is 0 Å². The van der Waals surface area contributed by atoms with Gasteiger partial charge < -0.3 is 20.3 Å². The topological polar surface area (TPSA) is 82.0 Å². The Kier molecular flexibility index (Phi) is 6.69. The maximum absolute atomic E-state index is 11.6. The van der Waals surface area contributed by atoms with Crippen molar-refractivity contribution >= 4 is 40.5 Å². The maximum Gasteiger partial charge on any atom is 0.308 e. The molecule has 1 aliphatic rings. The zero-order valence-electron chi connectivity index (χ0n) is 17.3. The molecule has 6 nitrogen and oxygen atoms in total. The Labute approximate surface area is 196 Å². The van der Waals surface area contributed by atoms with Crippen molar-refractivity contribution in [3.63, 3.8) is 0 Å². The summed E-state index contributed by atoms with van der Waals surface area (Å²) in [5, 5.41) is 25.2. The van der Waals surface area contributed by atoms with E-state index >= 15 is 0 Å². The highest BCUT2D eigenvalue weighted by Crippen LogP contribution is 2.39. The molecule has 32 heavy (non-hydrogen) atoms. The molecule has 0 saturated carbocycles. The van der Waals surface area contributed by atoms with Crippen molar-refractivity contribution in [3.05, 3.63) is 87.4 Å². The third-order valence-corrected chi connectivity index (χ3v) is 5.99. The normalized spacial score (nSPS) is 17.8. The number of hydrogen-bond donors (Lipinski definition) is 3. The molecule has 3 aromatic carbocycles. The molecule has 1 aliphatic heterocycles. The number of fused-ring (bicyclic) bond motifs is 1. The third-order valence-electron chi connectivity index (χ3n) is 5.36. The van der Waals surface area contributed by atoms with Crippen molar-refractivity contribution in [1.82, 2.24) is 4.90 Å². The SMILES string of the molecule is CC(=O)Oc1ccc(CCN2C(O)c3ccccc3C2O)cc1Nc1c(Cl)cccc1Cl. The van der Waals surface area contributed by atoms with Crippen LogP contribution in [0, 0.1) is 0 Å². The van der Waals surface area contributed by atoms with Crippen molar-refractivity contribution in [2.45, 2.75) is 25.8 Å². The number of para-hydroxylation sites is 1. The number of halogens is 2. The quantitative estimate of drug-likeness (QED) is 0.337. The van der Waals surface area contributed by atoms with Crippen LogP contribution in [0.3, 0.4) is 0 Å². The Hall–Kier alpha value is -2.61. The number of aliphatic hydroxyl groups excluding tert-OH is 2. The minimum absolute atomic E-state index is 0.339. The minimum atomic E-state index is -0.874. The zero-order valence-corrected chi connectivity index (χ0v) is 18.8. The van der Waals surface area contributed by atoms with E-state index in [2.05, 4.69) is 5.32 Å². The fourth-order valence-electron chi connectivity index (χ4n) is 3.80. The molecule has 8 heteroatoms. The molecule has 2 atom stereocenters. The van der Waals surface area contributed by atoms with Crippen LogP contribution in [-0.2, 0) is 11.2 Å². The molecule has 0 aliphatic carbocycles. The number of aliphatic hydroxyl groups is 2. The number of carbonyl (C=O) groups excluding carboxylic acids is 1. The van der Waals surface area contributed by atoms with Crippen LogP contribution in [0.4, 0.5) is 11.4 Å². The van der Waals surface area contributed by atoms with Crippen LogP contribution in [0.15, 0.2) is 60.7 Å². The Balaban J connectivity index is 1.56. The summed E-state index contributed by atoms with van der Waals surface area (Å²) in [6.45, 7) is 1.74. The number of nitrogens with zero attached hydrogens (tertiary/aromatic N) is 1. The monoisotopic (exact) mass is 472 g/mol. The maximum atomic E-state index is 11.6. The molecule has 1 heterocycles. The molecule has 3 N–H and O–H groups in total. The molecule has 0 spiro atoms. The summed E-state index contributed by atoms with van der Waals surface area (Å²) < 4.78 is 5.33. The van der Waals surface area contributed by atoms with Gasteiger partial charge in [-0.3, -0.25) is 4.79 Å². The number of anilines is 2. The average molecular weight is 473 g/mol. The predicted octanol–water partition coefficient (Wildman–Crippen LogP) is 5.20. The first-order valence-electron chi connectivity index (χ1n) is 10.1. The van der Waals surface area contributed by atoms with Crippen molar-refractivity contribution in [2.75, 3.05) is 11.9 Å². The zero-order chi connectivity index (χ0) is 22.8. The van der Waals surface area contributed by atoms with Gasteiger partial charge in [-0.25, -0.2) is 4.90 Å². The van der Waals surface area contributed by atoms with E-state index in [1.807, 2.05) is 36.4 Å². The number of carbonyl (C=O) groups is 1. The molecule has 0 fully saturated rings. The molecular formula is C24H22Cl2N2O4. The second kappa shape index (κ2) is 9.48. The van der Waals surface area contributed by atoms with E-state index in [4.69, 9.17) is 27.9 Å². The van der Waals surface area contributed by atoms with Crippen LogP contribution >= 0.6 is 23.2 Å². The van der Waals surface area contributed by atoms with Gasteiger partial charge in [-0.2, -0.15) is 0 Å². The van der Waals surface area contributed by atoms with Crippen molar-refractivity contribution in [2.24, 2.45) is 0 Å². The molecule has 0 aromatic heterocycles. The van der Waals surface area contributed by atoms with E-state index in [-0.39, 0.29) is 0 Å². The summed E-state index contributed by atoms with van der Waals surface area (Å²) in [5.41, 5.74) is 3.35. The summed E-state index contributed by atoms with van der Waals surface area (Å²) in [5.74, 6) is -0.113. The lowest BCUT2D eigenvalue weighted by molar-refractivity contribution is -0.131. The lowest BCUT2D eigenvalue weighted by atomic mass is 10.1. The van der Waals surface area contributed by atoms with Crippen molar-refractivity contribution in [3.8, 4) is 5.75 Å². The minimum Gasteiger partial charge on any atom is -0.424 e. The van der Waals surface area contributed by atoms with Gasteiger partial charge in [0.05, 0.1) is 21.4 Å². The van der Waals surface area contributed by atoms with Crippen LogP contribution in [0.25, 0.3) is 0 Å². The third kappa shape index (κ3) is 4.60. The highest BCUT2D eigenvalue weighted by atomic mass is 35.5. The van der Waals surface area contributed by atoms with Gasteiger partial charge in [-0.1, -0.05) is 59.6 Å². The van der Waals surface area contributed by atoms with E-state index in [1.54, 1.807) is 29.2 Å². The summed E-state index contributed by atoms with van der Waals surface area (Å²) in [4.78, 5) is 13.2. The van der Waals surface area contributed by atoms with E-state index in [9.17, 15) is 15.0 Å². The summed E-state index contributed by atoms with van der Waals surface area (Å²) in [7, 11) is 0. The van der Waals surface area contributed by atoms with E-state index < -0.39 is 18.4 Å².